The molecule has 25 heavy (non-hydrogen) atoms. The molecule has 0 aliphatic carbocycles. The van der Waals surface area contributed by atoms with Gasteiger partial charge in [0.2, 0.25) is 0 Å². The lowest BCUT2D eigenvalue weighted by molar-refractivity contribution is 0.0724. The number of aliphatic hydroxyl groups is 1. The second-order valence-electron chi connectivity index (χ2n) is 6.43. The number of anilines is 1. The van der Waals surface area contributed by atoms with Crippen LogP contribution in [0.5, 0.6) is 0 Å². The molecule has 0 atom stereocenters. The van der Waals surface area contributed by atoms with Gasteiger partial charge in [-0.15, -0.1) is 0 Å². The van der Waals surface area contributed by atoms with E-state index in [2.05, 4.69) is 12.2 Å². The van der Waals surface area contributed by atoms with E-state index in [1.165, 1.54) is 6.42 Å². The van der Waals surface area contributed by atoms with Crippen molar-refractivity contribution in [3.63, 3.8) is 0 Å². The number of aliphatic hydroxyl groups excluding tert-OH is 1. The Morgan fingerprint density at radius 1 is 1.20 bits per heavy atom. The van der Waals surface area contributed by atoms with E-state index in [-0.39, 0.29) is 18.5 Å². The molecule has 0 saturated carbocycles. The molecule has 1 fully saturated rings. The van der Waals surface area contributed by atoms with E-state index in [9.17, 15) is 9.59 Å². The number of carbonyl (C=O) groups excluding carboxylic acids is 2. The number of unbranched alkanes of at least 4 members (excludes halogenated alkanes) is 1. The fourth-order valence-corrected chi connectivity index (χ4v) is 3.00. The van der Waals surface area contributed by atoms with Crippen LogP contribution < -0.4 is 5.32 Å². The second-order valence-corrected chi connectivity index (χ2v) is 6.43. The topological polar surface area (TPSA) is 72.9 Å². The average Bonchev–Trinajstić information content (AvgIpc) is 2.65. The zero-order valence-electron chi connectivity index (χ0n) is 15.0. The van der Waals surface area contributed by atoms with E-state index < -0.39 is 0 Å². The molecule has 0 radical (unpaired) electrons. The monoisotopic (exact) mass is 347 g/mol. The van der Waals surface area contributed by atoms with Gasteiger partial charge in [0.1, 0.15) is 0 Å². The third kappa shape index (κ3) is 5.74. The van der Waals surface area contributed by atoms with Crippen LogP contribution in [0.25, 0.3) is 0 Å². The number of likely N-dealkylation sites (tertiary alicyclic amines) is 1. The van der Waals surface area contributed by atoms with Gasteiger partial charge in [-0.1, -0.05) is 19.4 Å². The molecule has 6 heteroatoms. The zero-order valence-corrected chi connectivity index (χ0v) is 15.0. The number of rotatable bonds is 7. The third-order valence-corrected chi connectivity index (χ3v) is 4.44. The molecule has 0 aromatic heterocycles. The molecule has 2 rings (SSSR count). The van der Waals surface area contributed by atoms with E-state index in [1.54, 1.807) is 29.2 Å². The van der Waals surface area contributed by atoms with Crippen LogP contribution in [0.4, 0.5) is 10.5 Å². The summed E-state index contributed by atoms with van der Waals surface area (Å²) in [5, 5.41) is 12.0. The van der Waals surface area contributed by atoms with Crippen LogP contribution in [-0.2, 0) is 0 Å². The van der Waals surface area contributed by atoms with Crippen LogP contribution >= 0.6 is 0 Å². The maximum atomic E-state index is 12.6. The van der Waals surface area contributed by atoms with Gasteiger partial charge in [0.15, 0.2) is 0 Å². The first-order valence-corrected chi connectivity index (χ1v) is 9.22. The lowest BCUT2D eigenvalue weighted by Gasteiger charge is -2.27. The summed E-state index contributed by atoms with van der Waals surface area (Å²) < 4.78 is 0. The first kappa shape index (κ1) is 19.2. The number of carbonyl (C=O) groups is 2. The van der Waals surface area contributed by atoms with Gasteiger partial charge < -0.3 is 20.2 Å². The number of hydrogen-bond donors (Lipinski definition) is 2. The largest absolute Gasteiger partial charge is 0.395 e. The van der Waals surface area contributed by atoms with Gasteiger partial charge in [0.25, 0.3) is 5.91 Å². The molecule has 0 spiro atoms. The fraction of sp³-hybridized carbons (Fsp3) is 0.579. The van der Waals surface area contributed by atoms with Crippen molar-refractivity contribution < 1.29 is 14.7 Å². The molecular formula is C19H29N3O3. The number of hydrogen-bond acceptors (Lipinski definition) is 3. The Hall–Kier alpha value is -2.08. The maximum Gasteiger partial charge on any atom is 0.321 e. The molecule has 1 aliphatic rings. The Morgan fingerprint density at radius 3 is 2.64 bits per heavy atom. The van der Waals surface area contributed by atoms with Crippen molar-refractivity contribution in [2.45, 2.75) is 39.0 Å². The Labute approximate surface area is 149 Å². The summed E-state index contributed by atoms with van der Waals surface area (Å²) >= 11 is 0. The van der Waals surface area contributed by atoms with Gasteiger partial charge in [-0.25, -0.2) is 4.79 Å². The number of nitrogens with one attached hydrogen (secondary N) is 1. The highest BCUT2D eigenvalue weighted by Gasteiger charge is 2.19. The highest BCUT2D eigenvalue weighted by Crippen LogP contribution is 2.17. The predicted molar refractivity (Wildman–Crippen MR) is 98.8 cm³/mol. The Kier molecular flexibility index (Phi) is 7.73. The molecular weight excluding hydrogens is 318 g/mol. The van der Waals surface area contributed by atoms with E-state index in [1.807, 2.05) is 4.90 Å². The Bertz CT molecular complexity index is 571. The van der Waals surface area contributed by atoms with Gasteiger partial charge in [0, 0.05) is 37.4 Å². The van der Waals surface area contributed by atoms with Crippen molar-refractivity contribution in [3.8, 4) is 0 Å². The van der Waals surface area contributed by atoms with Gasteiger partial charge in [-0.05, 0) is 43.9 Å². The normalized spacial score (nSPS) is 14.2. The Morgan fingerprint density at radius 2 is 1.96 bits per heavy atom. The molecule has 1 saturated heterocycles. The maximum absolute atomic E-state index is 12.6. The molecule has 1 aliphatic heterocycles. The summed E-state index contributed by atoms with van der Waals surface area (Å²) in [5.74, 6) is 0.0222. The van der Waals surface area contributed by atoms with Gasteiger partial charge in [0.05, 0.1) is 6.61 Å². The van der Waals surface area contributed by atoms with Crippen molar-refractivity contribution in [1.82, 2.24) is 9.80 Å². The lowest BCUT2D eigenvalue weighted by Crippen LogP contribution is -2.38. The average molecular weight is 347 g/mol. The number of amides is 3. The van der Waals surface area contributed by atoms with Crippen LogP contribution in [0.1, 0.15) is 49.4 Å². The minimum absolute atomic E-state index is 0.0222. The Balaban J connectivity index is 2.01. The molecule has 138 valence electrons. The fourth-order valence-electron chi connectivity index (χ4n) is 3.00. The van der Waals surface area contributed by atoms with Crippen LogP contribution in [0.3, 0.4) is 0 Å². The summed E-state index contributed by atoms with van der Waals surface area (Å²) in [7, 11) is 0. The summed E-state index contributed by atoms with van der Waals surface area (Å²) in [4.78, 5) is 28.5. The standard InChI is InChI=1S/C19H29N3O3/c1-2-3-10-22(13-14-23)19(25)20-17-9-7-8-16(15-17)18(24)21-11-5-4-6-12-21/h7-9,15,23H,2-6,10-14H2,1H3,(H,20,25). The molecule has 2 N–H and O–H groups in total. The van der Waals surface area contributed by atoms with E-state index >= 15 is 0 Å². The quantitative estimate of drug-likeness (QED) is 0.796. The molecule has 0 bridgehead atoms. The van der Waals surface area contributed by atoms with Gasteiger partial charge in [-0.2, -0.15) is 0 Å². The molecule has 3 amide bonds. The van der Waals surface area contributed by atoms with E-state index in [0.717, 1.165) is 38.8 Å². The van der Waals surface area contributed by atoms with Crippen molar-refractivity contribution in [1.29, 1.82) is 0 Å². The molecule has 1 heterocycles. The third-order valence-electron chi connectivity index (χ3n) is 4.44. The predicted octanol–water partition coefficient (Wildman–Crippen LogP) is 2.94. The van der Waals surface area contributed by atoms with Gasteiger partial charge >= 0.3 is 6.03 Å². The molecule has 1 aromatic carbocycles. The number of urea groups is 1. The minimum atomic E-state index is -0.245. The van der Waals surface area contributed by atoms with Crippen molar-refractivity contribution in [2.75, 3.05) is 38.1 Å². The van der Waals surface area contributed by atoms with Crippen LogP contribution in [0.15, 0.2) is 24.3 Å². The summed E-state index contributed by atoms with van der Waals surface area (Å²) in [5.41, 5.74) is 1.20. The highest BCUT2D eigenvalue weighted by atomic mass is 16.3. The first-order chi connectivity index (χ1) is 12.2. The number of piperidine rings is 1. The SMILES string of the molecule is CCCCN(CCO)C(=O)Nc1cccc(C(=O)N2CCCCC2)c1. The smallest absolute Gasteiger partial charge is 0.321 e. The van der Waals surface area contributed by atoms with Crippen LogP contribution in [-0.4, -0.2) is 59.6 Å². The van der Waals surface area contributed by atoms with Gasteiger partial charge in [-0.3, -0.25) is 4.79 Å². The first-order valence-electron chi connectivity index (χ1n) is 9.22. The molecule has 1 aromatic rings. The molecule has 6 nitrogen and oxygen atoms in total. The second kappa shape index (κ2) is 10.0. The van der Waals surface area contributed by atoms with E-state index in [0.29, 0.717) is 24.3 Å². The van der Waals surface area contributed by atoms with E-state index in [4.69, 9.17) is 5.11 Å². The summed E-state index contributed by atoms with van der Waals surface area (Å²) in [6, 6.07) is 6.84. The lowest BCUT2D eigenvalue weighted by atomic mass is 10.1. The van der Waals surface area contributed by atoms with Crippen molar-refractivity contribution in [3.05, 3.63) is 29.8 Å². The highest BCUT2D eigenvalue weighted by molar-refractivity contribution is 5.97. The summed E-state index contributed by atoms with van der Waals surface area (Å²) in [6.07, 6.45) is 5.15. The van der Waals surface area contributed by atoms with Crippen molar-refractivity contribution >= 4 is 17.6 Å². The van der Waals surface area contributed by atoms with Crippen LogP contribution in [0.2, 0.25) is 0 Å². The summed E-state index contributed by atoms with van der Waals surface area (Å²) in [6.45, 7) is 4.51. The number of nitrogens with zero attached hydrogens (tertiary/aromatic N) is 2. The van der Waals surface area contributed by atoms with Crippen LogP contribution in [0, 0.1) is 0 Å². The minimum Gasteiger partial charge on any atom is -0.395 e. The van der Waals surface area contributed by atoms with Crippen molar-refractivity contribution in [2.24, 2.45) is 0 Å². The zero-order chi connectivity index (χ0) is 18.1. The molecule has 0 unspecified atom stereocenters. The number of benzene rings is 1.